The normalized spacial score (nSPS) is 31.9. The van der Waals surface area contributed by atoms with E-state index in [0.717, 1.165) is 31.5 Å². The molecule has 0 radical (unpaired) electrons. The Hall–Kier alpha value is -1.29. The lowest BCUT2D eigenvalue weighted by molar-refractivity contribution is 0.0747. The standard InChI is InChI=1S/C13H18N2O2/c1-8-4-5-17-12(8)13(16)15-6-9-2-3-11(14)10(9)7-15/h4-5,9-11H,2-3,6-7,14H2,1H3. The molecule has 1 aliphatic carbocycles. The molecule has 0 bridgehead atoms. The number of nitrogens with zero attached hydrogens (tertiary/aromatic N) is 1. The van der Waals surface area contributed by atoms with Crippen molar-refractivity contribution in [3.8, 4) is 0 Å². The van der Waals surface area contributed by atoms with Gasteiger partial charge in [-0.15, -0.1) is 0 Å². The lowest BCUT2D eigenvalue weighted by Gasteiger charge is -2.17. The van der Waals surface area contributed by atoms with E-state index in [2.05, 4.69) is 0 Å². The summed E-state index contributed by atoms with van der Waals surface area (Å²) in [7, 11) is 0. The fourth-order valence-electron chi connectivity index (χ4n) is 3.21. The lowest BCUT2D eigenvalue weighted by atomic mass is 9.98. The summed E-state index contributed by atoms with van der Waals surface area (Å²) in [6.07, 6.45) is 3.84. The molecule has 3 atom stereocenters. The van der Waals surface area contributed by atoms with Crippen molar-refractivity contribution in [2.75, 3.05) is 13.1 Å². The largest absolute Gasteiger partial charge is 0.459 e. The number of rotatable bonds is 1. The Morgan fingerprint density at radius 2 is 2.29 bits per heavy atom. The number of carbonyl (C=O) groups excluding carboxylic acids is 1. The minimum absolute atomic E-state index is 0.0223. The molecule has 1 saturated carbocycles. The first-order valence-corrected chi connectivity index (χ1v) is 6.26. The van der Waals surface area contributed by atoms with Crippen LogP contribution in [0.15, 0.2) is 16.7 Å². The highest BCUT2D eigenvalue weighted by Gasteiger charge is 2.43. The zero-order chi connectivity index (χ0) is 12.0. The fraction of sp³-hybridized carbons (Fsp3) is 0.615. The van der Waals surface area contributed by atoms with Gasteiger partial charge in [0.25, 0.3) is 5.91 Å². The van der Waals surface area contributed by atoms with Gasteiger partial charge in [0, 0.05) is 24.7 Å². The Morgan fingerprint density at radius 1 is 1.47 bits per heavy atom. The fourth-order valence-corrected chi connectivity index (χ4v) is 3.21. The number of carbonyl (C=O) groups is 1. The summed E-state index contributed by atoms with van der Waals surface area (Å²) >= 11 is 0. The molecule has 2 heterocycles. The van der Waals surface area contributed by atoms with E-state index in [1.807, 2.05) is 17.9 Å². The predicted octanol–water partition coefficient (Wildman–Crippen LogP) is 1.40. The maximum absolute atomic E-state index is 12.3. The van der Waals surface area contributed by atoms with Gasteiger partial charge in [-0.25, -0.2) is 0 Å². The molecule has 1 amide bonds. The number of nitrogens with two attached hydrogens (primary N) is 1. The van der Waals surface area contributed by atoms with Crippen LogP contribution in [0.4, 0.5) is 0 Å². The monoisotopic (exact) mass is 234 g/mol. The molecule has 3 unspecified atom stereocenters. The topological polar surface area (TPSA) is 59.5 Å². The minimum atomic E-state index is 0.0223. The average molecular weight is 234 g/mol. The molecule has 3 rings (SSSR count). The molecule has 4 heteroatoms. The van der Waals surface area contributed by atoms with E-state index in [1.165, 1.54) is 0 Å². The second kappa shape index (κ2) is 3.88. The second-order valence-electron chi connectivity index (χ2n) is 5.31. The van der Waals surface area contributed by atoms with Gasteiger partial charge in [0.2, 0.25) is 0 Å². The SMILES string of the molecule is Cc1ccoc1C(=O)N1CC2CCC(N)C2C1. The number of fused-ring (bicyclic) bond motifs is 1. The first-order chi connectivity index (χ1) is 8.16. The third-order valence-electron chi connectivity index (χ3n) is 4.26. The number of likely N-dealkylation sites (tertiary alicyclic amines) is 1. The van der Waals surface area contributed by atoms with Gasteiger partial charge >= 0.3 is 0 Å². The van der Waals surface area contributed by atoms with Crippen LogP contribution in [0.25, 0.3) is 0 Å². The molecule has 2 aliphatic rings. The molecular weight excluding hydrogens is 216 g/mol. The highest BCUT2D eigenvalue weighted by Crippen LogP contribution is 2.37. The van der Waals surface area contributed by atoms with Crippen LogP contribution in [0.1, 0.15) is 29.0 Å². The smallest absolute Gasteiger partial charge is 0.289 e. The van der Waals surface area contributed by atoms with Crippen LogP contribution < -0.4 is 5.73 Å². The van der Waals surface area contributed by atoms with Crippen LogP contribution in [0, 0.1) is 18.8 Å². The molecule has 2 fully saturated rings. The summed E-state index contributed by atoms with van der Waals surface area (Å²) in [5, 5.41) is 0. The van der Waals surface area contributed by atoms with Crippen LogP contribution in [-0.4, -0.2) is 29.9 Å². The van der Waals surface area contributed by atoms with Crippen molar-refractivity contribution in [3.05, 3.63) is 23.7 Å². The maximum atomic E-state index is 12.3. The molecule has 0 spiro atoms. The zero-order valence-electron chi connectivity index (χ0n) is 10.1. The van der Waals surface area contributed by atoms with E-state index in [1.54, 1.807) is 6.26 Å². The molecule has 1 aromatic heterocycles. The van der Waals surface area contributed by atoms with E-state index in [0.29, 0.717) is 17.6 Å². The van der Waals surface area contributed by atoms with Gasteiger partial charge in [-0.1, -0.05) is 0 Å². The summed E-state index contributed by atoms with van der Waals surface area (Å²) < 4.78 is 5.26. The third-order valence-corrected chi connectivity index (χ3v) is 4.26. The Labute approximate surface area is 101 Å². The van der Waals surface area contributed by atoms with Crippen LogP contribution in [-0.2, 0) is 0 Å². The van der Waals surface area contributed by atoms with Crippen LogP contribution in [0.5, 0.6) is 0 Å². The van der Waals surface area contributed by atoms with Crippen LogP contribution in [0.2, 0.25) is 0 Å². The van der Waals surface area contributed by atoms with Crippen LogP contribution in [0.3, 0.4) is 0 Å². The van der Waals surface area contributed by atoms with Gasteiger partial charge in [0.15, 0.2) is 5.76 Å². The summed E-state index contributed by atoms with van der Waals surface area (Å²) in [5.41, 5.74) is 6.98. The van der Waals surface area contributed by atoms with Gasteiger partial charge in [-0.3, -0.25) is 4.79 Å². The number of amides is 1. The van der Waals surface area contributed by atoms with Crippen molar-refractivity contribution >= 4 is 5.91 Å². The molecule has 0 aromatic carbocycles. The van der Waals surface area contributed by atoms with Gasteiger partial charge in [0.05, 0.1) is 6.26 Å². The molecule has 1 aliphatic heterocycles. The van der Waals surface area contributed by atoms with Crippen molar-refractivity contribution in [1.82, 2.24) is 4.90 Å². The minimum Gasteiger partial charge on any atom is -0.459 e. The van der Waals surface area contributed by atoms with Crippen molar-refractivity contribution in [3.63, 3.8) is 0 Å². The average Bonchev–Trinajstić information content (AvgIpc) is 2.96. The lowest BCUT2D eigenvalue weighted by Crippen LogP contribution is -2.33. The Bertz CT molecular complexity index is 440. The molecule has 4 nitrogen and oxygen atoms in total. The zero-order valence-corrected chi connectivity index (χ0v) is 10.1. The number of hydrogen-bond acceptors (Lipinski definition) is 3. The van der Waals surface area contributed by atoms with E-state index in [-0.39, 0.29) is 11.9 Å². The molecule has 17 heavy (non-hydrogen) atoms. The van der Waals surface area contributed by atoms with Crippen molar-refractivity contribution in [2.24, 2.45) is 17.6 Å². The van der Waals surface area contributed by atoms with Crippen molar-refractivity contribution in [2.45, 2.75) is 25.8 Å². The van der Waals surface area contributed by atoms with E-state index in [4.69, 9.17) is 10.2 Å². The summed E-state index contributed by atoms with van der Waals surface area (Å²) in [5.74, 6) is 1.60. The molecule has 1 saturated heterocycles. The molecular formula is C13H18N2O2. The van der Waals surface area contributed by atoms with Gasteiger partial charge < -0.3 is 15.1 Å². The molecule has 2 N–H and O–H groups in total. The predicted molar refractivity (Wildman–Crippen MR) is 63.5 cm³/mol. The molecule has 1 aromatic rings. The summed E-state index contributed by atoms with van der Waals surface area (Å²) in [6, 6.07) is 2.10. The first kappa shape index (κ1) is 10.8. The third kappa shape index (κ3) is 1.67. The number of hydrogen-bond donors (Lipinski definition) is 1. The van der Waals surface area contributed by atoms with Crippen molar-refractivity contribution < 1.29 is 9.21 Å². The number of furan rings is 1. The second-order valence-corrected chi connectivity index (χ2v) is 5.31. The first-order valence-electron chi connectivity index (χ1n) is 6.26. The summed E-state index contributed by atoms with van der Waals surface area (Å²) in [6.45, 7) is 3.54. The number of aryl methyl sites for hydroxylation is 1. The van der Waals surface area contributed by atoms with E-state index in [9.17, 15) is 4.79 Å². The van der Waals surface area contributed by atoms with Crippen LogP contribution >= 0.6 is 0 Å². The van der Waals surface area contributed by atoms with Gasteiger partial charge in [-0.2, -0.15) is 0 Å². The highest BCUT2D eigenvalue weighted by atomic mass is 16.3. The Balaban J connectivity index is 1.75. The maximum Gasteiger partial charge on any atom is 0.289 e. The van der Waals surface area contributed by atoms with E-state index >= 15 is 0 Å². The Kier molecular flexibility index (Phi) is 2.47. The van der Waals surface area contributed by atoms with E-state index < -0.39 is 0 Å². The highest BCUT2D eigenvalue weighted by molar-refractivity contribution is 5.93. The van der Waals surface area contributed by atoms with Gasteiger partial charge in [0.1, 0.15) is 0 Å². The Morgan fingerprint density at radius 3 is 2.94 bits per heavy atom. The quantitative estimate of drug-likeness (QED) is 0.799. The van der Waals surface area contributed by atoms with Crippen molar-refractivity contribution in [1.29, 1.82) is 0 Å². The summed E-state index contributed by atoms with van der Waals surface area (Å²) in [4.78, 5) is 14.2. The molecule has 92 valence electrons. The van der Waals surface area contributed by atoms with Gasteiger partial charge in [-0.05, 0) is 37.7 Å².